The number of fused-ring (bicyclic) bond motifs is 1. The molecule has 0 atom stereocenters. The molecule has 0 saturated heterocycles. The molecule has 0 aliphatic rings. The van der Waals surface area contributed by atoms with Crippen LogP contribution in [-0.4, -0.2) is 44.7 Å². The molecule has 0 unspecified atom stereocenters. The molecular formula is C20H18ClF3N2O5S. The summed E-state index contributed by atoms with van der Waals surface area (Å²) < 4.78 is 57.4. The second-order valence-corrected chi connectivity index (χ2v) is 7.81. The van der Waals surface area contributed by atoms with Crippen LogP contribution in [0.25, 0.3) is 10.2 Å². The number of halogens is 4. The third kappa shape index (κ3) is 6.22. The first-order valence-corrected chi connectivity index (χ1v) is 10.3. The number of rotatable bonds is 9. The normalized spacial score (nSPS) is 11.6. The molecule has 172 valence electrons. The van der Waals surface area contributed by atoms with Gasteiger partial charge in [0.2, 0.25) is 0 Å². The highest BCUT2D eigenvalue weighted by atomic mass is 35.5. The van der Waals surface area contributed by atoms with Crippen molar-refractivity contribution in [2.45, 2.75) is 13.0 Å². The van der Waals surface area contributed by atoms with Crippen LogP contribution in [0, 0.1) is 0 Å². The van der Waals surface area contributed by atoms with Gasteiger partial charge in [-0.05, 0) is 24.3 Å². The first kappa shape index (κ1) is 24.1. The Bertz CT molecular complexity index is 1110. The van der Waals surface area contributed by atoms with Crippen molar-refractivity contribution in [2.75, 3.05) is 32.8 Å². The number of ether oxygens (including phenoxy) is 4. The number of methoxy groups -OCH3 is 2. The molecule has 0 spiro atoms. The highest BCUT2D eigenvalue weighted by molar-refractivity contribution is 7.22. The topological polar surface area (TPSA) is 78.9 Å². The van der Waals surface area contributed by atoms with Gasteiger partial charge in [0.05, 0.1) is 42.7 Å². The first-order valence-electron chi connectivity index (χ1n) is 9.11. The van der Waals surface area contributed by atoms with Crippen molar-refractivity contribution >= 4 is 44.2 Å². The number of anilines is 1. The van der Waals surface area contributed by atoms with E-state index in [2.05, 4.69) is 15.0 Å². The summed E-state index contributed by atoms with van der Waals surface area (Å²) in [7, 11) is 2.97. The number of aromatic nitrogens is 1. The van der Waals surface area contributed by atoms with Gasteiger partial charge in [0.15, 0.2) is 5.13 Å². The van der Waals surface area contributed by atoms with E-state index in [1.165, 1.54) is 25.3 Å². The van der Waals surface area contributed by atoms with Gasteiger partial charge in [-0.1, -0.05) is 22.9 Å². The average molecular weight is 491 g/mol. The zero-order valence-electron chi connectivity index (χ0n) is 16.9. The van der Waals surface area contributed by atoms with Gasteiger partial charge in [-0.15, -0.1) is 13.2 Å². The van der Waals surface area contributed by atoms with Crippen LogP contribution in [-0.2, 0) is 16.1 Å². The van der Waals surface area contributed by atoms with Gasteiger partial charge in [-0.2, -0.15) is 0 Å². The lowest BCUT2D eigenvalue weighted by Crippen LogP contribution is -2.16. The Hall–Kier alpha value is -2.60. The van der Waals surface area contributed by atoms with E-state index in [9.17, 15) is 18.0 Å². The molecule has 2 aromatic carbocycles. The molecule has 0 fully saturated rings. The smallest absolute Gasteiger partial charge is 0.496 e. The van der Waals surface area contributed by atoms with Crippen LogP contribution in [0.4, 0.5) is 18.3 Å². The van der Waals surface area contributed by atoms with Crippen LogP contribution in [0.2, 0.25) is 5.02 Å². The van der Waals surface area contributed by atoms with Gasteiger partial charge >= 0.3 is 6.36 Å². The fraction of sp³-hybridized carbons (Fsp3) is 0.300. The number of hydrogen-bond donors (Lipinski definition) is 1. The van der Waals surface area contributed by atoms with Crippen LogP contribution in [0.15, 0.2) is 30.3 Å². The van der Waals surface area contributed by atoms with Gasteiger partial charge in [-0.25, -0.2) is 4.98 Å². The number of amides is 1. The molecule has 7 nitrogen and oxygen atoms in total. The Morgan fingerprint density at radius 3 is 2.66 bits per heavy atom. The van der Waals surface area contributed by atoms with Crippen LogP contribution in [0.5, 0.6) is 11.5 Å². The average Bonchev–Trinajstić information content (AvgIpc) is 3.11. The SMILES string of the molecule is COCCOCc1cc(Cl)cc(C(=O)Nc2nc3ccc(OC(F)(F)F)cc3s2)c1OC. The molecule has 0 aliphatic heterocycles. The van der Waals surface area contributed by atoms with Crippen molar-refractivity contribution in [3.05, 3.63) is 46.5 Å². The summed E-state index contributed by atoms with van der Waals surface area (Å²) in [6, 6.07) is 6.79. The molecule has 0 bridgehead atoms. The summed E-state index contributed by atoms with van der Waals surface area (Å²) in [5.41, 5.74) is 1.13. The van der Waals surface area contributed by atoms with Gasteiger partial charge in [0.25, 0.3) is 5.91 Å². The molecule has 32 heavy (non-hydrogen) atoms. The number of benzene rings is 2. The molecule has 3 aromatic rings. The lowest BCUT2D eigenvalue weighted by atomic mass is 10.1. The zero-order chi connectivity index (χ0) is 23.3. The van der Waals surface area contributed by atoms with E-state index >= 15 is 0 Å². The molecular weight excluding hydrogens is 473 g/mol. The Morgan fingerprint density at radius 2 is 1.97 bits per heavy atom. The standard InChI is InChI=1S/C20H18ClF3N2O5S/c1-28-5-6-30-10-11-7-12(21)8-14(17(11)29-2)18(27)26-19-25-15-4-3-13(9-16(15)32-19)31-20(22,23)24/h3-4,7-9H,5-6,10H2,1-2H3,(H,25,26,27). The fourth-order valence-corrected chi connectivity index (χ4v) is 3.94. The molecule has 0 saturated carbocycles. The van der Waals surface area contributed by atoms with Gasteiger partial charge < -0.3 is 18.9 Å². The summed E-state index contributed by atoms with van der Waals surface area (Å²) in [4.78, 5) is 17.1. The Kier molecular flexibility index (Phi) is 7.77. The van der Waals surface area contributed by atoms with Crippen molar-refractivity contribution < 1.29 is 36.9 Å². The summed E-state index contributed by atoms with van der Waals surface area (Å²) in [5, 5.41) is 3.12. The molecule has 1 N–H and O–H groups in total. The Morgan fingerprint density at radius 1 is 1.19 bits per heavy atom. The number of carbonyl (C=O) groups excluding carboxylic acids is 1. The molecule has 0 aliphatic carbocycles. The largest absolute Gasteiger partial charge is 0.573 e. The quantitative estimate of drug-likeness (QED) is 0.412. The van der Waals surface area contributed by atoms with E-state index in [0.717, 1.165) is 17.4 Å². The summed E-state index contributed by atoms with van der Waals surface area (Å²) in [6.07, 6.45) is -4.80. The number of nitrogens with one attached hydrogen (secondary N) is 1. The summed E-state index contributed by atoms with van der Waals surface area (Å²) in [5.74, 6) is -0.638. The number of carbonyl (C=O) groups is 1. The van der Waals surface area contributed by atoms with Crippen LogP contribution >= 0.6 is 22.9 Å². The maximum atomic E-state index is 12.9. The number of nitrogens with zero attached hydrogens (tertiary/aromatic N) is 1. The number of alkyl halides is 3. The Labute approximate surface area is 190 Å². The second kappa shape index (κ2) is 10.3. The van der Waals surface area contributed by atoms with E-state index < -0.39 is 12.3 Å². The molecule has 1 aromatic heterocycles. The summed E-state index contributed by atoms with van der Waals surface area (Å²) >= 11 is 7.16. The highest BCUT2D eigenvalue weighted by Crippen LogP contribution is 2.33. The maximum absolute atomic E-state index is 12.9. The monoisotopic (exact) mass is 490 g/mol. The van der Waals surface area contributed by atoms with Crippen molar-refractivity contribution in [3.8, 4) is 11.5 Å². The van der Waals surface area contributed by atoms with Crippen molar-refractivity contribution in [1.82, 2.24) is 4.98 Å². The predicted molar refractivity (Wildman–Crippen MR) is 114 cm³/mol. The van der Waals surface area contributed by atoms with Crippen molar-refractivity contribution in [2.24, 2.45) is 0 Å². The van der Waals surface area contributed by atoms with Crippen molar-refractivity contribution in [3.63, 3.8) is 0 Å². The molecule has 12 heteroatoms. The van der Waals surface area contributed by atoms with Crippen LogP contribution in [0.1, 0.15) is 15.9 Å². The van der Waals surface area contributed by atoms with E-state index in [-0.39, 0.29) is 28.8 Å². The first-order chi connectivity index (χ1) is 15.2. The minimum absolute atomic E-state index is 0.149. The predicted octanol–water partition coefficient (Wildman–Crippen LogP) is 5.27. The lowest BCUT2D eigenvalue weighted by Gasteiger charge is -2.14. The maximum Gasteiger partial charge on any atom is 0.573 e. The lowest BCUT2D eigenvalue weighted by molar-refractivity contribution is -0.274. The fourth-order valence-electron chi connectivity index (χ4n) is 2.81. The van der Waals surface area contributed by atoms with Gasteiger partial charge in [-0.3, -0.25) is 10.1 Å². The molecule has 3 rings (SSSR count). The number of thiazole rings is 1. The summed E-state index contributed by atoms with van der Waals surface area (Å²) in [6.45, 7) is 0.902. The van der Waals surface area contributed by atoms with Crippen LogP contribution < -0.4 is 14.8 Å². The van der Waals surface area contributed by atoms with Gasteiger partial charge in [0.1, 0.15) is 11.5 Å². The third-order valence-corrected chi connectivity index (χ3v) is 5.23. The molecule has 1 amide bonds. The molecule has 0 radical (unpaired) electrons. The minimum atomic E-state index is -4.80. The second-order valence-electron chi connectivity index (χ2n) is 6.34. The third-order valence-electron chi connectivity index (χ3n) is 4.08. The van der Waals surface area contributed by atoms with Crippen molar-refractivity contribution in [1.29, 1.82) is 0 Å². The van der Waals surface area contributed by atoms with Crippen LogP contribution in [0.3, 0.4) is 0 Å². The Balaban J connectivity index is 1.81. The van der Waals surface area contributed by atoms with Gasteiger partial charge in [0, 0.05) is 23.8 Å². The molecule has 1 heterocycles. The minimum Gasteiger partial charge on any atom is -0.496 e. The zero-order valence-corrected chi connectivity index (χ0v) is 18.5. The van der Waals surface area contributed by atoms with E-state index in [1.807, 2.05) is 0 Å². The van der Waals surface area contributed by atoms with E-state index in [4.69, 9.17) is 25.8 Å². The van der Waals surface area contributed by atoms with E-state index in [0.29, 0.717) is 34.0 Å². The number of hydrogen-bond acceptors (Lipinski definition) is 7. The van der Waals surface area contributed by atoms with E-state index in [1.54, 1.807) is 13.2 Å². The highest BCUT2D eigenvalue weighted by Gasteiger charge is 2.31.